The third-order valence-electron chi connectivity index (χ3n) is 6.94. The third-order valence-corrected chi connectivity index (χ3v) is 6.94. The van der Waals surface area contributed by atoms with Gasteiger partial charge in [0.1, 0.15) is 17.2 Å². The van der Waals surface area contributed by atoms with E-state index in [1.165, 1.54) is 32.1 Å². The van der Waals surface area contributed by atoms with Crippen molar-refractivity contribution in [1.29, 1.82) is 0 Å². The molecular weight excluding hydrogens is 383 g/mol. The van der Waals surface area contributed by atoms with E-state index in [1.54, 1.807) is 0 Å². The largest absolute Gasteiger partial charge is 0.422 e. The maximum Gasteiger partial charge on any atom is 0.422 e. The molecule has 0 atom stereocenters. The lowest BCUT2D eigenvalue weighted by molar-refractivity contribution is -0.142. The fourth-order valence-corrected chi connectivity index (χ4v) is 5.29. The number of alkyl halides is 3. The van der Waals surface area contributed by atoms with E-state index in [0.29, 0.717) is 23.3 Å². The van der Waals surface area contributed by atoms with Crippen LogP contribution in [-0.4, -0.2) is 0 Å². The van der Waals surface area contributed by atoms with Crippen molar-refractivity contribution in [2.75, 3.05) is 0 Å². The smallest absolute Gasteiger partial charge is 0.206 e. The predicted octanol–water partition coefficient (Wildman–Crippen LogP) is 8.42. The molecule has 0 radical (unpaired) electrons. The summed E-state index contributed by atoms with van der Waals surface area (Å²) in [4.78, 5) is 0. The van der Waals surface area contributed by atoms with Gasteiger partial charge in [0.25, 0.3) is 0 Å². The molecule has 3 rings (SSSR count). The quantitative estimate of drug-likeness (QED) is 0.335. The highest BCUT2D eigenvalue weighted by atomic mass is 19.4. The fraction of sp³-hybridized carbons (Fsp3) is 0.667. The minimum Gasteiger partial charge on any atom is -0.206 e. The Balaban J connectivity index is 1.54. The molecule has 29 heavy (non-hydrogen) atoms. The molecule has 0 aliphatic heterocycles. The highest BCUT2D eigenvalue weighted by molar-refractivity contribution is 5.30. The first-order valence-corrected chi connectivity index (χ1v) is 11.0. The maximum absolute atomic E-state index is 13.9. The number of hydrogen-bond acceptors (Lipinski definition) is 0. The molecule has 0 amide bonds. The van der Waals surface area contributed by atoms with Crippen molar-refractivity contribution in [3.63, 3.8) is 0 Å². The summed E-state index contributed by atoms with van der Waals surface area (Å²) in [6.45, 7) is 2.19. The molecule has 2 fully saturated rings. The van der Waals surface area contributed by atoms with Crippen molar-refractivity contribution in [3.05, 3.63) is 47.0 Å². The first-order valence-electron chi connectivity index (χ1n) is 11.0. The summed E-state index contributed by atoms with van der Waals surface area (Å²) in [5, 5.41) is 0. The van der Waals surface area contributed by atoms with Crippen LogP contribution in [0, 0.1) is 29.4 Å². The van der Waals surface area contributed by atoms with Crippen LogP contribution >= 0.6 is 0 Å². The molecule has 5 heteroatoms. The standard InChI is InChI=1S/C24H31F5/c1-2-3-4-5-16-6-8-17(9-7-16)18-10-12-19(13-11-18)20-14-21(25)23(22(26)15-20)24(27,28)29/h4-5,14-19H,2-3,6-13H2,1H3. The van der Waals surface area contributed by atoms with E-state index in [1.807, 2.05) is 0 Å². The third kappa shape index (κ3) is 5.61. The van der Waals surface area contributed by atoms with Crippen LogP contribution in [0.15, 0.2) is 24.3 Å². The van der Waals surface area contributed by atoms with E-state index in [4.69, 9.17) is 0 Å². The van der Waals surface area contributed by atoms with Gasteiger partial charge in [-0.15, -0.1) is 0 Å². The normalized spacial score (nSPS) is 28.8. The van der Waals surface area contributed by atoms with E-state index < -0.39 is 23.4 Å². The van der Waals surface area contributed by atoms with Crippen LogP contribution in [0.5, 0.6) is 0 Å². The molecule has 0 bridgehead atoms. The monoisotopic (exact) mass is 414 g/mol. The Kier molecular flexibility index (Phi) is 7.39. The van der Waals surface area contributed by atoms with Crippen molar-refractivity contribution < 1.29 is 22.0 Å². The van der Waals surface area contributed by atoms with Gasteiger partial charge in [0.05, 0.1) is 0 Å². The van der Waals surface area contributed by atoms with Gasteiger partial charge >= 0.3 is 6.18 Å². The second-order valence-electron chi connectivity index (χ2n) is 8.86. The van der Waals surface area contributed by atoms with Gasteiger partial charge in [-0.1, -0.05) is 25.5 Å². The van der Waals surface area contributed by atoms with Gasteiger partial charge in [0, 0.05) is 0 Å². The lowest BCUT2D eigenvalue weighted by Gasteiger charge is -2.37. The van der Waals surface area contributed by atoms with E-state index in [0.717, 1.165) is 44.2 Å². The zero-order valence-corrected chi connectivity index (χ0v) is 17.1. The zero-order valence-electron chi connectivity index (χ0n) is 17.1. The van der Waals surface area contributed by atoms with E-state index in [9.17, 15) is 22.0 Å². The van der Waals surface area contributed by atoms with E-state index in [2.05, 4.69) is 19.1 Å². The van der Waals surface area contributed by atoms with Crippen LogP contribution < -0.4 is 0 Å². The first-order chi connectivity index (χ1) is 13.8. The molecule has 0 unspecified atom stereocenters. The predicted molar refractivity (Wildman–Crippen MR) is 106 cm³/mol. The molecule has 0 spiro atoms. The van der Waals surface area contributed by atoms with Crippen LogP contribution in [0.4, 0.5) is 22.0 Å². The number of hydrogen-bond donors (Lipinski definition) is 0. The summed E-state index contributed by atoms with van der Waals surface area (Å²) in [5.41, 5.74) is -1.41. The second kappa shape index (κ2) is 9.61. The summed E-state index contributed by atoms with van der Waals surface area (Å²) in [7, 11) is 0. The highest BCUT2D eigenvalue weighted by Crippen LogP contribution is 2.45. The summed E-state index contributed by atoms with van der Waals surface area (Å²) in [6.07, 6.45) is 10.5. The van der Waals surface area contributed by atoms with Crippen LogP contribution in [0.3, 0.4) is 0 Å². The number of unbranched alkanes of at least 4 members (excludes halogenated alkanes) is 1. The number of rotatable bonds is 5. The Labute approximate surface area is 170 Å². The summed E-state index contributed by atoms with van der Waals surface area (Å²) in [5.74, 6) is -0.991. The van der Waals surface area contributed by atoms with Crippen LogP contribution in [0.1, 0.15) is 88.2 Å². The van der Waals surface area contributed by atoms with Crippen molar-refractivity contribution in [1.82, 2.24) is 0 Å². The summed E-state index contributed by atoms with van der Waals surface area (Å²) in [6, 6.07) is 1.79. The van der Waals surface area contributed by atoms with Gasteiger partial charge in [0.15, 0.2) is 0 Å². The Morgan fingerprint density at radius 3 is 1.86 bits per heavy atom. The van der Waals surface area contributed by atoms with Crippen molar-refractivity contribution in [2.45, 2.75) is 83.2 Å². The van der Waals surface area contributed by atoms with Crippen molar-refractivity contribution >= 4 is 0 Å². The van der Waals surface area contributed by atoms with Gasteiger partial charge in [-0.05, 0) is 99.2 Å². The zero-order chi connectivity index (χ0) is 21.0. The van der Waals surface area contributed by atoms with Gasteiger partial charge in [-0.25, -0.2) is 8.78 Å². The second-order valence-corrected chi connectivity index (χ2v) is 8.86. The van der Waals surface area contributed by atoms with Crippen molar-refractivity contribution in [2.24, 2.45) is 17.8 Å². The average molecular weight is 415 g/mol. The molecule has 0 nitrogen and oxygen atoms in total. The Bertz CT molecular complexity index is 667. The molecule has 0 heterocycles. The minimum atomic E-state index is -5.01. The molecule has 0 N–H and O–H groups in total. The molecular formula is C24H31F5. The summed E-state index contributed by atoms with van der Waals surface area (Å²) >= 11 is 0. The molecule has 0 saturated heterocycles. The van der Waals surface area contributed by atoms with Crippen LogP contribution in [0.2, 0.25) is 0 Å². The van der Waals surface area contributed by atoms with Gasteiger partial charge in [-0.2, -0.15) is 13.2 Å². The average Bonchev–Trinajstić information content (AvgIpc) is 2.67. The first kappa shape index (κ1) is 22.3. The van der Waals surface area contributed by atoms with Crippen LogP contribution in [-0.2, 0) is 6.18 Å². The van der Waals surface area contributed by atoms with Crippen LogP contribution in [0.25, 0.3) is 0 Å². The molecule has 2 aliphatic rings. The summed E-state index contributed by atoms with van der Waals surface area (Å²) < 4.78 is 66.1. The fourth-order valence-electron chi connectivity index (χ4n) is 5.29. The maximum atomic E-state index is 13.9. The topological polar surface area (TPSA) is 0 Å². The lowest BCUT2D eigenvalue weighted by atomic mass is 9.68. The molecule has 1 aromatic rings. The Morgan fingerprint density at radius 2 is 1.38 bits per heavy atom. The van der Waals surface area contributed by atoms with E-state index in [-0.39, 0.29) is 5.92 Å². The molecule has 2 saturated carbocycles. The number of benzene rings is 1. The van der Waals surface area contributed by atoms with E-state index >= 15 is 0 Å². The number of allylic oxidation sites excluding steroid dienone is 2. The molecule has 0 aromatic heterocycles. The Morgan fingerprint density at radius 1 is 0.862 bits per heavy atom. The van der Waals surface area contributed by atoms with Gasteiger partial charge in [-0.3, -0.25) is 0 Å². The van der Waals surface area contributed by atoms with Gasteiger partial charge < -0.3 is 0 Å². The van der Waals surface area contributed by atoms with Crippen molar-refractivity contribution in [3.8, 4) is 0 Å². The lowest BCUT2D eigenvalue weighted by Crippen LogP contribution is -2.25. The Hall–Kier alpha value is -1.39. The molecule has 1 aromatic carbocycles. The molecule has 2 aliphatic carbocycles. The minimum absolute atomic E-state index is 0.0501. The SMILES string of the molecule is CCCC=CC1CCC(C2CCC(c3cc(F)c(C(F)(F)F)c(F)c3)CC2)CC1. The molecule has 162 valence electrons. The van der Waals surface area contributed by atoms with Gasteiger partial charge in [0.2, 0.25) is 0 Å². The highest BCUT2D eigenvalue weighted by Gasteiger charge is 2.39. The number of halogens is 5.